The summed E-state index contributed by atoms with van der Waals surface area (Å²) in [6.07, 6.45) is 0. The number of ether oxygens (including phenoxy) is 1. The Kier molecular flexibility index (Phi) is 3.84. The highest BCUT2D eigenvalue weighted by Crippen LogP contribution is 2.26. The van der Waals surface area contributed by atoms with Crippen LogP contribution in [0.2, 0.25) is 5.02 Å². The first-order valence-electron chi connectivity index (χ1n) is 5.54. The molecule has 0 fully saturated rings. The minimum absolute atomic E-state index is 0.0145. The van der Waals surface area contributed by atoms with Gasteiger partial charge in [-0.3, -0.25) is 0 Å². The van der Waals surface area contributed by atoms with Crippen molar-refractivity contribution in [2.24, 2.45) is 5.73 Å². The summed E-state index contributed by atoms with van der Waals surface area (Å²) in [5, 5.41) is 0.0414. The molecule has 1 unspecified atom stereocenters. The lowest BCUT2D eigenvalue weighted by Crippen LogP contribution is -2.04. The maximum absolute atomic E-state index is 13.0. The number of benzene rings is 2. The molecule has 0 aromatic heterocycles. The van der Waals surface area contributed by atoms with Crippen LogP contribution in [0.5, 0.6) is 11.5 Å². The van der Waals surface area contributed by atoms with E-state index in [4.69, 9.17) is 22.1 Å². The van der Waals surface area contributed by atoms with Crippen LogP contribution in [-0.2, 0) is 0 Å². The largest absolute Gasteiger partial charge is 0.457 e. The molecule has 2 aromatic carbocycles. The van der Waals surface area contributed by atoms with Gasteiger partial charge in [0.2, 0.25) is 0 Å². The van der Waals surface area contributed by atoms with Crippen molar-refractivity contribution in [2.45, 2.75) is 13.0 Å². The zero-order valence-corrected chi connectivity index (χ0v) is 10.6. The smallest absolute Gasteiger partial charge is 0.142 e. The van der Waals surface area contributed by atoms with Crippen LogP contribution in [0.1, 0.15) is 18.5 Å². The van der Waals surface area contributed by atoms with Gasteiger partial charge in [0.1, 0.15) is 17.3 Å². The zero-order valence-electron chi connectivity index (χ0n) is 9.86. The van der Waals surface area contributed by atoms with Gasteiger partial charge in [0.25, 0.3) is 0 Å². The Labute approximate surface area is 110 Å². The summed E-state index contributed by atoms with van der Waals surface area (Å²) >= 11 is 5.68. The molecule has 0 saturated carbocycles. The second-order valence-electron chi connectivity index (χ2n) is 4.04. The highest BCUT2D eigenvalue weighted by Gasteiger charge is 2.04. The predicted molar refractivity (Wildman–Crippen MR) is 70.5 cm³/mol. The molecule has 0 aliphatic carbocycles. The third-order valence-electron chi connectivity index (χ3n) is 2.53. The molecule has 18 heavy (non-hydrogen) atoms. The van der Waals surface area contributed by atoms with E-state index in [-0.39, 0.29) is 11.1 Å². The molecular weight excluding hydrogens is 253 g/mol. The number of halogens is 2. The maximum atomic E-state index is 13.0. The van der Waals surface area contributed by atoms with Gasteiger partial charge in [0.15, 0.2) is 0 Å². The molecule has 0 bridgehead atoms. The Morgan fingerprint density at radius 2 is 1.72 bits per heavy atom. The normalized spacial score (nSPS) is 12.2. The lowest BCUT2D eigenvalue weighted by molar-refractivity contribution is 0.480. The van der Waals surface area contributed by atoms with E-state index in [1.54, 1.807) is 0 Å². The molecule has 1 atom stereocenters. The Hall–Kier alpha value is -1.58. The van der Waals surface area contributed by atoms with Crippen molar-refractivity contribution in [3.8, 4) is 11.5 Å². The van der Waals surface area contributed by atoms with Crippen molar-refractivity contribution >= 4 is 11.6 Å². The van der Waals surface area contributed by atoms with Crippen LogP contribution in [0.15, 0.2) is 42.5 Å². The summed E-state index contributed by atoms with van der Waals surface area (Å²) in [6, 6.07) is 11.6. The summed E-state index contributed by atoms with van der Waals surface area (Å²) in [6.45, 7) is 1.91. The van der Waals surface area contributed by atoms with Crippen LogP contribution in [0, 0.1) is 5.82 Å². The molecular formula is C14H13ClFNO. The van der Waals surface area contributed by atoms with E-state index in [0.717, 1.165) is 5.56 Å². The summed E-state index contributed by atoms with van der Waals surface area (Å²) in [5.41, 5.74) is 6.78. The van der Waals surface area contributed by atoms with Crippen molar-refractivity contribution in [1.82, 2.24) is 0 Å². The molecule has 0 heterocycles. The van der Waals surface area contributed by atoms with Gasteiger partial charge in [-0.1, -0.05) is 23.7 Å². The van der Waals surface area contributed by atoms with Gasteiger partial charge >= 0.3 is 0 Å². The summed E-state index contributed by atoms with van der Waals surface area (Å²) in [4.78, 5) is 0. The third-order valence-corrected chi connectivity index (χ3v) is 2.82. The van der Waals surface area contributed by atoms with Gasteiger partial charge in [0.05, 0.1) is 5.02 Å². The van der Waals surface area contributed by atoms with Gasteiger partial charge < -0.3 is 10.5 Å². The van der Waals surface area contributed by atoms with Crippen LogP contribution in [0.4, 0.5) is 4.39 Å². The van der Waals surface area contributed by atoms with E-state index in [9.17, 15) is 4.39 Å². The lowest BCUT2D eigenvalue weighted by atomic mass is 10.1. The van der Waals surface area contributed by atoms with E-state index in [1.165, 1.54) is 18.2 Å². The van der Waals surface area contributed by atoms with E-state index in [1.807, 2.05) is 31.2 Å². The zero-order chi connectivity index (χ0) is 13.1. The molecule has 4 heteroatoms. The van der Waals surface area contributed by atoms with Gasteiger partial charge in [-0.25, -0.2) is 4.39 Å². The maximum Gasteiger partial charge on any atom is 0.142 e. The Morgan fingerprint density at radius 1 is 1.11 bits per heavy atom. The Morgan fingerprint density at radius 3 is 2.28 bits per heavy atom. The Bertz CT molecular complexity index is 540. The van der Waals surface area contributed by atoms with Crippen molar-refractivity contribution in [2.75, 3.05) is 0 Å². The fraction of sp³-hybridized carbons (Fsp3) is 0.143. The van der Waals surface area contributed by atoms with E-state index in [2.05, 4.69) is 0 Å². The summed E-state index contributed by atoms with van der Waals surface area (Å²) in [5.74, 6) is 0.688. The molecule has 2 rings (SSSR count). The number of hydrogen-bond donors (Lipinski definition) is 1. The van der Waals surface area contributed by atoms with Crippen LogP contribution < -0.4 is 10.5 Å². The second kappa shape index (κ2) is 5.38. The van der Waals surface area contributed by atoms with Gasteiger partial charge in [-0.15, -0.1) is 0 Å². The molecule has 2 nitrogen and oxygen atoms in total. The first-order valence-corrected chi connectivity index (χ1v) is 5.92. The van der Waals surface area contributed by atoms with E-state index >= 15 is 0 Å². The van der Waals surface area contributed by atoms with Gasteiger partial charge in [-0.2, -0.15) is 0 Å². The molecule has 0 aliphatic rings. The predicted octanol–water partition coefficient (Wildman–Crippen LogP) is 4.29. The molecule has 94 valence electrons. The average molecular weight is 266 g/mol. The first-order chi connectivity index (χ1) is 8.56. The van der Waals surface area contributed by atoms with Crippen molar-refractivity contribution < 1.29 is 9.13 Å². The van der Waals surface area contributed by atoms with Crippen LogP contribution in [0.3, 0.4) is 0 Å². The fourth-order valence-electron chi connectivity index (χ4n) is 1.52. The number of rotatable bonds is 3. The first kappa shape index (κ1) is 12.9. The summed E-state index contributed by atoms with van der Waals surface area (Å²) < 4.78 is 18.5. The second-order valence-corrected chi connectivity index (χ2v) is 4.44. The Balaban J connectivity index is 2.15. The highest BCUT2D eigenvalue weighted by atomic mass is 35.5. The monoisotopic (exact) mass is 265 g/mol. The van der Waals surface area contributed by atoms with E-state index in [0.29, 0.717) is 11.5 Å². The lowest BCUT2D eigenvalue weighted by Gasteiger charge is -2.09. The number of nitrogens with two attached hydrogens (primary N) is 1. The third kappa shape index (κ3) is 3.00. The minimum Gasteiger partial charge on any atom is -0.457 e. The molecule has 0 spiro atoms. The fourth-order valence-corrected chi connectivity index (χ4v) is 1.69. The molecule has 2 N–H and O–H groups in total. The quantitative estimate of drug-likeness (QED) is 0.898. The highest BCUT2D eigenvalue weighted by molar-refractivity contribution is 6.30. The molecule has 2 aromatic rings. The molecule has 0 saturated heterocycles. The molecule has 0 radical (unpaired) electrons. The van der Waals surface area contributed by atoms with Crippen LogP contribution in [0.25, 0.3) is 0 Å². The van der Waals surface area contributed by atoms with Crippen LogP contribution in [-0.4, -0.2) is 0 Å². The SMILES string of the molecule is CC(N)c1ccc(Oc2ccc(F)c(Cl)c2)cc1. The van der Waals surface area contributed by atoms with Crippen molar-refractivity contribution in [3.05, 3.63) is 58.9 Å². The van der Waals surface area contributed by atoms with Crippen LogP contribution >= 0.6 is 11.6 Å². The summed E-state index contributed by atoms with van der Waals surface area (Å²) in [7, 11) is 0. The molecule has 0 aliphatic heterocycles. The van der Waals surface area contributed by atoms with E-state index < -0.39 is 5.82 Å². The topological polar surface area (TPSA) is 35.2 Å². The van der Waals surface area contributed by atoms with Gasteiger partial charge in [0, 0.05) is 12.1 Å². The van der Waals surface area contributed by atoms with Gasteiger partial charge in [-0.05, 0) is 36.8 Å². The number of hydrogen-bond acceptors (Lipinski definition) is 2. The average Bonchev–Trinajstić information content (AvgIpc) is 2.34. The standard InChI is InChI=1S/C14H13ClFNO/c1-9(17)10-2-4-11(5-3-10)18-12-6-7-14(16)13(15)8-12/h2-9H,17H2,1H3. The molecule has 0 amide bonds. The van der Waals surface area contributed by atoms with Crippen molar-refractivity contribution in [1.29, 1.82) is 0 Å². The minimum atomic E-state index is -0.462. The van der Waals surface area contributed by atoms with Crippen molar-refractivity contribution in [3.63, 3.8) is 0 Å².